The molecule has 1 aromatic carbocycles. The molecule has 0 aliphatic rings. The number of nitrogens with one attached hydrogen (secondary N) is 2. The van der Waals surface area contributed by atoms with E-state index in [-0.39, 0.29) is 5.91 Å². The van der Waals surface area contributed by atoms with E-state index in [9.17, 15) is 9.59 Å². The summed E-state index contributed by atoms with van der Waals surface area (Å²) in [6, 6.07) is 5.27. The van der Waals surface area contributed by atoms with Gasteiger partial charge in [0.05, 0.1) is 5.52 Å². The lowest BCUT2D eigenvalue weighted by atomic mass is 10.2. The summed E-state index contributed by atoms with van der Waals surface area (Å²) in [7, 11) is 0. The second-order valence-electron chi connectivity index (χ2n) is 3.56. The molecule has 0 aliphatic heterocycles. The predicted octanol–water partition coefficient (Wildman–Crippen LogP) is 1.37. The molecule has 2 rings (SSSR count). The Morgan fingerprint density at radius 1 is 1.47 bits per heavy atom. The topological polar surface area (TPSA) is 75.1 Å². The number of rotatable bonds is 4. The Labute approximate surface area is 102 Å². The summed E-state index contributed by atoms with van der Waals surface area (Å²) in [4.78, 5) is 24.7. The number of fused-ring (bicyclic) bond motifs is 1. The first-order valence-corrected chi connectivity index (χ1v) is 5.67. The first-order valence-electron chi connectivity index (χ1n) is 5.13. The normalized spacial score (nSPS) is 10.6. The minimum atomic E-state index is -0.483. The zero-order valence-corrected chi connectivity index (χ0v) is 9.71. The van der Waals surface area contributed by atoms with Crippen LogP contribution >= 0.6 is 11.6 Å². The smallest absolute Gasteiger partial charge is 0.408 e. The van der Waals surface area contributed by atoms with Crippen LogP contribution in [0, 0.1) is 0 Å². The van der Waals surface area contributed by atoms with Crippen molar-refractivity contribution in [2.75, 3.05) is 5.88 Å². The third kappa shape index (κ3) is 2.88. The molecule has 1 amide bonds. The van der Waals surface area contributed by atoms with Gasteiger partial charge in [-0.3, -0.25) is 9.78 Å². The van der Waals surface area contributed by atoms with Gasteiger partial charge in [-0.05, 0) is 17.7 Å². The SMILES string of the molecule is O=C(CCCl)NCc1ccc2[nH]c(=O)oc2c1. The van der Waals surface area contributed by atoms with E-state index in [1.165, 1.54) is 0 Å². The number of oxazole rings is 1. The number of carbonyl (C=O) groups excluding carboxylic acids is 1. The van der Waals surface area contributed by atoms with Crippen LogP contribution in [0.25, 0.3) is 11.1 Å². The van der Waals surface area contributed by atoms with Gasteiger partial charge in [0.15, 0.2) is 5.58 Å². The molecule has 5 nitrogen and oxygen atoms in total. The molecule has 1 aromatic heterocycles. The van der Waals surface area contributed by atoms with Crippen molar-refractivity contribution in [3.63, 3.8) is 0 Å². The number of hydrogen-bond acceptors (Lipinski definition) is 3. The van der Waals surface area contributed by atoms with Gasteiger partial charge in [0.25, 0.3) is 0 Å². The van der Waals surface area contributed by atoms with Crippen molar-refractivity contribution in [1.82, 2.24) is 10.3 Å². The molecule has 0 saturated heterocycles. The van der Waals surface area contributed by atoms with Gasteiger partial charge in [-0.1, -0.05) is 6.07 Å². The van der Waals surface area contributed by atoms with Gasteiger partial charge < -0.3 is 9.73 Å². The average molecular weight is 255 g/mol. The summed E-state index contributed by atoms with van der Waals surface area (Å²) in [6.07, 6.45) is 0.295. The van der Waals surface area contributed by atoms with Gasteiger partial charge in [0, 0.05) is 18.8 Å². The monoisotopic (exact) mass is 254 g/mol. The zero-order valence-electron chi connectivity index (χ0n) is 8.96. The lowest BCUT2D eigenvalue weighted by Crippen LogP contribution is -2.22. The van der Waals surface area contributed by atoms with Crippen LogP contribution in [0.3, 0.4) is 0 Å². The number of benzene rings is 1. The van der Waals surface area contributed by atoms with Crippen molar-refractivity contribution in [2.24, 2.45) is 0 Å². The van der Waals surface area contributed by atoms with E-state index in [2.05, 4.69) is 10.3 Å². The van der Waals surface area contributed by atoms with E-state index in [1.54, 1.807) is 12.1 Å². The number of halogens is 1. The number of alkyl halides is 1. The lowest BCUT2D eigenvalue weighted by Gasteiger charge is -2.03. The quantitative estimate of drug-likeness (QED) is 0.809. The summed E-state index contributed by atoms with van der Waals surface area (Å²) < 4.78 is 4.92. The molecule has 0 spiro atoms. The fraction of sp³-hybridized carbons (Fsp3) is 0.273. The molecule has 2 N–H and O–H groups in total. The Kier molecular flexibility index (Phi) is 3.49. The minimum Gasteiger partial charge on any atom is -0.408 e. The number of H-pyrrole nitrogens is 1. The fourth-order valence-electron chi connectivity index (χ4n) is 1.47. The first-order chi connectivity index (χ1) is 8.19. The molecule has 6 heteroatoms. The highest BCUT2D eigenvalue weighted by Crippen LogP contribution is 2.12. The molecule has 0 radical (unpaired) electrons. The Balaban J connectivity index is 2.08. The van der Waals surface area contributed by atoms with Gasteiger partial charge in [0.1, 0.15) is 0 Å². The van der Waals surface area contributed by atoms with Gasteiger partial charge >= 0.3 is 5.76 Å². The van der Waals surface area contributed by atoms with Crippen molar-refractivity contribution < 1.29 is 9.21 Å². The van der Waals surface area contributed by atoms with Crippen molar-refractivity contribution in [3.05, 3.63) is 34.3 Å². The maximum Gasteiger partial charge on any atom is 0.417 e. The van der Waals surface area contributed by atoms with Crippen LogP contribution < -0.4 is 11.1 Å². The minimum absolute atomic E-state index is 0.101. The van der Waals surface area contributed by atoms with Crippen molar-refractivity contribution >= 4 is 28.6 Å². The maximum absolute atomic E-state index is 11.2. The van der Waals surface area contributed by atoms with Gasteiger partial charge in [-0.15, -0.1) is 11.6 Å². The second-order valence-corrected chi connectivity index (χ2v) is 3.94. The molecule has 0 atom stereocenters. The standard InChI is InChI=1S/C11H11ClN2O3/c12-4-3-10(15)13-6-7-1-2-8-9(5-7)17-11(16)14-8/h1-2,5H,3-4,6H2,(H,13,15)(H,14,16). The van der Waals surface area contributed by atoms with E-state index in [1.807, 2.05) is 6.07 Å². The van der Waals surface area contributed by atoms with Gasteiger partial charge in [0.2, 0.25) is 5.91 Å². The first kappa shape index (κ1) is 11.7. The number of aromatic nitrogens is 1. The lowest BCUT2D eigenvalue weighted by molar-refractivity contribution is -0.120. The van der Waals surface area contributed by atoms with E-state index in [0.29, 0.717) is 29.9 Å². The number of carbonyl (C=O) groups is 1. The molecule has 0 fully saturated rings. The van der Waals surface area contributed by atoms with Crippen LogP contribution in [-0.4, -0.2) is 16.8 Å². The summed E-state index contributed by atoms with van der Waals surface area (Å²) >= 11 is 5.44. The maximum atomic E-state index is 11.2. The number of amides is 1. The Morgan fingerprint density at radius 3 is 3.06 bits per heavy atom. The molecule has 1 heterocycles. The molecule has 0 aliphatic carbocycles. The van der Waals surface area contributed by atoms with Gasteiger partial charge in [-0.2, -0.15) is 0 Å². The van der Waals surface area contributed by atoms with Crippen LogP contribution in [0.4, 0.5) is 0 Å². The van der Waals surface area contributed by atoms with Crippen LogP contribution in [0.1, 0.15) is 12.0 Å². The summed E-state index contributed by atoms with van der Waals surface area (Å²) in [5, 5.41) is 2.72. The Hall–Kier alpha value is -1.75. The molecule has 0 unspecified atom stereocenters. The highest BCUT2D eigenvalue weighted by Gasteiger charge is 2.03. The van der Waals surface area contributed by atoms with Crippen molar-refractivity contribution in [2.45, 2.75) is 13.0 Å². The highest BCUT2D eigenvalue weighted by atomic mass is 35.5. The predicted molar refractivity (Wildman–Crippen MR) is 64.0 cm³/mol. The molecule has 0 saturated carbocycles. The average Bonchev–Trinajstić information content (AvgIpc) is 2.66. The van der Waals surface area contributed by atoms with E-state index in [4.69, 9.17) is 16.0 Å². The zero-order chi connectivity index (χ0) is 12.3. The van der Waals surface area contributed by atoms with Crippen LogP contribution in [-0.2, 0) is 11.3 Å². The van der Waals surface area contributed by atoms with E-state index < -0.39 is 5.76 Å². The fourth-order valence-corrected chi connectivity index (χ4v) is 1.65. The van der Waals surface area contributed by atoms with Crippen LogP contribution in [0.15, 0.2) is 27.4 Å². The highest BCUT2D eigenvalue weighted by molar-refractivity contribution is 6.18. The van der Waals surface area contributed by atoms with Crippen LogP contribution in [0.2, 0.25) is 0 Å². The molecule has 90 valence electrons. The largest absolute Gasteiger partial charge is 0.417 e. The third-order valence-corrected chi connectivity index (χ3v) is 2.49. The van der Waals surface area contributed by atoms with E-state index >= 15 is 0 Å². The molecule has 2 aromatic rings. The summed E-state index contributed by atoms with van der Waals surface area (Å²) in [6.45, 7) is 0.389. The van der Waals surface area contributed by atoms with Crippen molar-refractivity contribution in [1.29, 1.82) is 0 Å². The second kappa shape index (κ2) is 5.05. The van der Waals surface area contributed by atoms with Gasteiger partial charge in [-0.25, -0.2) is 4.79 Å². The Bertz CT molecular complexity index is 588. The summed E-state index contributed by atoms with van der Waals surface area (Å²) in [5.41, 5.74) is 1.99. The van der Waals surface area contributed by atoms with Crippen LogP contribution in [0.5, 0.6) is 0 Å². The number of hydrogen-bond donors (Lipinski definition) is 2. The van der Waals surface area contributed by atoms with E-state index in [0.717, 1.165) is 5.56 Å². The molecular weight excluding hydrogens is 244 g/mol. The molecular formula is C11H11ClN2O3. The number of aromatic amines is 1. The molecule has 0 bridgehead atoms. The summed E-state index contributed by atoms with van der Waals surface area (Å²) in [5.74, 6) is -0.281. The Morgan fingerprint density at radius 2 is 2.29 bits per heavy atom. The third-order valence-electron chi connectivity index (χ3n) is 2.30. The molecule has 17 heavy (non-hydrogen) atoms. The van der Waals surface area contributed by atoms with Crippen molar-refractivity contribution in [3.8, 4) is 0 Å².